The highest BCUT2D eigenvalue weighted by molar-refractivity contribution is 7.66. The van der Waals surface area contributed by atoms with Gasteiger partial charge >= 0.3 is 52.6 Å². The number of fused-ring (bicyclic) bond motifs is 3. The first kappa shape index (κ1) is 71.1. The van der Waals surface area contributed by atoms with Crippen molar-refractivity contribution in [2.45, 2.75) is 106 Å². The fourth-order valence-electron chi connectivity index (χ4n) is 10.3. The average Bonchev–Trinajstić information content (AvgIpc) is 1.63. The normalized spacial score (nSPS) is 29.6. The second-order valence-corrected chi connectivity index (χ2v) is 29.6. The molecule has 0 saturated carbocycles. The van der Waals surface area contributed by atoms with Crippen LogP contribution in [-0.4, -0.2) is 205 Å². The topological polar surface area (TPSA) is 728 Å². The highest BCUT2D eigenvalue weighted by Crippen LogP contribution is 2.66. The van der Waals surface area contributed by atoms with Crippen molar-refractivity contribution in [1.82, 2.24) is 68.1 Å². The summed E-state index contributed by atoms with van der Waals surface area (Å²) >= 11 is 0. The van der Waals surface area contributed by atoms with E-state index in [0.717, 1.165) is 43.6 Å². The van der Waals surface area contributed by atoms with Crippen LogP contribution in [0, 0.1) is 6.92 Å². The van der Waals surface area contributed by atoms with Crippen LogP contribution in [0.4, 0.5) is 17.7 Å². The number of aryl methyl sites for hydroxylation is 1. The minimum atomic E-state index is -6.15. The number of aromatic nitrogens is 14. The fourth-order valence-corrected chi connectivity index (χ4v) is 16.2. The molecule has 5 unspecified atom stereocenters. The molecule has 96 heavy (non-hydrogen) atoms. The monoisotopic (exact) mass is 1490 g/mol. The molecule has 4 aliphatic heterocycles. The molecule has 50 nitrogen and oxygen atoms in total. The maximum atomic E-state index is 14.2. The van der Waals surface area contributed by atoms with Gasteiger partial charge in [-0.2, -0.15) is 18.6 Å². The van der Waals surface area contributed by atoms with E-state index in [1.165, 1.54) is 13.1 Å². The third kappa shape index (κ3) is 15.5. The summed E-state index contributed by atoms with van der Waals surface area (Å²) in [6.45, 7) is -3.39. The molecule has 4 fully saturated rings. The SMILES string of the molecule is Cc1cn([C@H]2CC[C@@H](COP(=O)(O)O[C@H]3[C@@H](O)[C@H](n4cnc5c(=O)[nH]c(N)nc54)O[C@@H]3COP(=O)(O)O[C@H]3[C@@H](O)[C@H](n4cnc5c(N)ncnc54)O[C@@H]3COP(=O)(O)O[C@H]3[C@@H](O)[C@H](n4cnc5c(=O)[nH]c(N)nc54)O[C@@H]3COP(=O)(O)OP(=O)(O)OP(=O)(O)O)O2)c(=O)[nH]c1=O. The van der Waals surface area contributed by atoms with Crippen molar-refractivity contribution in [2.75, 3.05) is 43.6 Å². The van der Waals surface area contributed by atoms with Crippen molar-refractivity contribution in [3.05, 3.63) is 78.6 Å². The molecule has 0 radical (unpaired) electrons. The predicted octanol–water partition coefficient (Wildman–Crippen LogP) is -4.00. The number of hydrogen-bond donors (Lipinski definition) is 16. The van der Waals surface area contributed by atoms with Crippen molar-refractivity contribution in [1.29, 1.82) is 0 Å². The molecule has 7 aromatic heterocycles. The Balaban J connectivity index is 0.830. The van der Waals surface area contributed by atoms with Gasteiger partial charge in [0.1, 0.15) is 73.0 Å². The summed E-state index contributed by atoms with van der Waals surface area (Å²) in [5, 5.41) is 35.4. The van der Waals surface area contributed by atoms with Crippen molar-refractivity contribution in [3.8, 4) is 0 Å². The van der Waals surface area contributed by atoms with Crippen LogP contribution >= 0.6 is 46.9 Å². The molecule has 0 amide bonds. The smallest absolute Gasteiger partial charge is 0.386 e. The van der Waals surface area contributed by atoms with E-state index in [-0.39, 0.29) is 46.6 Å². The molecule has 0 aliphatic carbocycles. The molecule has 0 bridgehead atoms. The summed E-state index contributed by atoms with van der Waals surface area (Å²) < 4.78 is 150. The van der Waals surface area contributed by atoms with Gasteiger partial charge in [0.2, 0.25) is 11.9 Å². The van der Waals surface area contributed by atoms with E-state index in [0.29, 0.717) is 0 Å². The van der Waals surface area contributed by atoms with Gasteiger partial charge in [-0.3, -0.25) is 79.3 Å². The maximum Gasteiger partial charge on any atom is 0.490 e. The molecular weight excluding hydrogens is 1430 g/mol. The Morgan fingerprint density at radius 1 is 0.510 bits per heavy atom. The molecule has 526 valence electrons. The Labute approximate surface area is 529 Å². The zero-order chi connectivity index (χ0) is 69.5. The van der Waals surface area contributed by atoms with Crippen LogP contribution in [0.25, 0.3) is 33.5 Å². The van der Waals surface area contributed by atoms with Crippen LogP contribution < -0.4 is 39.6 Å². The van der Waals surface area contributed by atoms with E-state index in [1.54, 1.807) is 0 Å². The van der Waals surface area contributed by atoms with Gasteiger partial charge in [0.05, 0.1) is 51.5 Å². The summed E-state index contributed by atoms with van der Waals surface area (Å²) in [5.41, 5.74) is 12.6. The molecule has 4 aliphatic rings. The summed E-state index contributed by atoms with van der Waals surface area (Å²) in [4.78, 5) is 156. The van der Waals surface area contributed by atoms with Crippen molar-refractivity contribution < 1.29 is 136 Å². The molecule has 19 N–H and O–H groups in total. The third-order valence-corrected chi connectivity index (χ3v) is 21.1. The number of anilines is 3. The lowest BCUT2D eigenvalue weighted by atomic mass is 10.1. The van der Waals surface area contributed by atoms with Gasteiger partial charge in [0, 0.05) is 11.8 Å². The molecular formula is C40H53N17O33P6. The summed E-state index contributed by atoms with van der Waals surface area (Å²) in [7, 11) is -35.2. The van der Waals surface area contributed by atoms with Crippen molar-refractivity contribution in [3.63, 3.8) is 0 Å². The molecule has 11 heterocycles. The van der Waals surface area contributed by atoms with E-state index in [2.05, 4.69) is 63.0 Å². The van der Waals surface area contributed by atoms with Gasteiger partial charge in [-0.25, -0.2) is 57.1 Å². The second-order valence-electron chi connectivity index (χ2n) is 21.0. The van der Waals surface area contributed by atoms with Gasteiger partial charge in [-0.15, -0.1) is 0 Å². The maximum absolute atomic E-state index is 14.2. The quantitative estimate of drug-likeness (QED) is 0.0230. The van der Waals surface area contributed by atoms with Crippen LogP contribution in [0.5, 0.6) is 0 Å². The first-order chi connectivity index (χ1) is 44.8. The van der Waals surface area contributed by atoms with Gasteiger partial charge < -0.3 is 85.7 Å². The number of nitrogen functional groups attached to an aromatic ring is 3. The third-order valence-electron chi connectivity index (χ3n) is 14.4. The van der Waals surface area contributed by atoms with Crippen LogP contribution in [0.1, 0.15) is 43.3 Å². The lowest BCUT2D eigenvalue weighted by Gasteiger charge is -2.26. The Hall–Kier alpha value is -6.21. The predicted molar refractivity (Wildman–Crippen MR) is 306 cm³/mol. The van der Waals surface area contributed by atoms with E-state index < -0.39 is 205 Å². The molecule has 0 aromatic carbocycles. The summed E-state index contributed by atoms with van der Waals surface area (Å²) in [6, 6.07) is 0. The minimum absolute atomic E-state index is 0.0830. The zero-order valence-electron chi connectivity index (χ0n) is 47.9. The first-order valence-electron chi connectivity index (χ1n) is 27.0. The largest absolute Gasteiger partial charge is 0.490 e. The highest BCUT2D eigenvalue weighted by Gasteiger charge is 2.55. The van der Waals surface area contributed by atoms with Crippen LogP contribution in [0.3, 0.4) is 0 Å². The number of nitrogens with two attached hydrogens (primary N) is 3. The number of aromatic amines is 3. The Morgan fingerprint density at radius 3 is 1.40 bits per heavy atom. The number of nitrogens with zero attached hydrogens (tertiary/aromatic N) is 11. The number of phosphoric acid groups is 6. The van der Waals surface area contributed by atoms with Gasteiger partial charge in [0.25, 0.3) is 16.7 Å². The number of aliphatic hydroxyl groups excluding tert-OH is 3. The van der Waals surface area contributed by atoms with Crippen LogP contribution in [0.2, 0.25) is 0 Å². The summed E-state index contributed by atoms with van der Waals surface area (Å²) in [6.07, 6.45) is -21.9. The molecule has 19 atom stereocenters. The van der Waals surface area contributed by atoms with Crippen LogP contribution in [0.15, 0.2) is 50.7 Å². The zero-order valence-corrected chi connectivity index (χ0v) is 53.3. The number of rotatable bonds is 26. The lowest BCUT2D eigenvalue weighted by molar-refractivity contribution is -0.0620. The fraction of sp³-hybridized carbons (Fsp3) is 0.525. The van der Waals surface area contributed by atoms with Crippen molar-refractivity contribution in [2.24, 2.45) is 0 Å². The van der Waals surface area contributed by atoms with E-state index >= 15 is 0 Å². The van der Waals surface area contributed by atoms with Gasteiger partial charge in [0.15, 0.2) is 52.5 Å². The van der Waals surface area contributed by atoms with Crippen LogP contribution in [-0.2, 0) is 86.6 Å². The lowest BCUT2D eigenvalue weighted by Crippen LogP contribution is -2.38. The number of imidazole rings is 3. The number of ether oxygens (including phenoxy) is 4. The number of H-pyrrole nitrogens is 3. The number of nitrogens with one attached hydrogen (secondary N) is 3. The van der Waals surface area contributed by atoms with E-state index in [1.807, 2.05) is 0 Å². The summed E-state index contributed by atoms with van der Waals surface area (Å²) in [5.74, 6) is -1.15. The first-order valence-corrected chi connectivity index (χ1v) is 36.0. The van der Waals surface area contributed by atoms with E-state index in [4.69, 9.17) is 73.1 Å². The molecule has 7 aromatic rings. The van der Waals surface area contributed by atoms with Gasteiger partial charge in [-0.05, 0) is 19.8 Å². The number of hydrogen-bond acceptors (Lipinski definition) is 36. The molecule has 0 spiro atoms. The second kappa shape index (κ2) is 26.8. The van der Waals surface area contributed by atoms with Crippen molar-refractivity contribution >= 4 is 98.1 Å². The minimum Gasteiger partial charge on any atom is -0.386 e. The average molecular weight is 1490 g/mol. The molecule has 4 saturated heterocycles. The molecule has 11 rings (SSSR count). The Bertz CT molecular complexity index is 4680. The number of aliphatic hydroxyl groups is 3. The number of phosphoric ester groups is 4. The van der Waals surface area contributed by atoms with Gasteiger partial charge in [-0.1, -0.05) is 0 Å². The standard InChI is InChI=1S/C40H53N17O33P6/c1-13-4-54(40(64)53-32(13)61)18-3-2-14(82-18)5-78-92(68,69)86-26-16(84-36(23(26)59)56-11-47-20-30(56)49-38(42)51-33(20)62)7-80-93(70,71)87-25-15(83-35(22(25)58)55-10-46-19-28(41)44-9-45-29(19)55)6-79-94(72,73)88-27-17(8-81-95(74,75)90-96(76,77)89-91(65,66)67)85-37(24(27)60)57-12-48-21-31(57)50-39(43)52-34(21)63/h4,9-12,14-18,22-27,35-37,58-60H,2-3,5-8H2,1H3,(H,68,69)(H,70,71)(H,72,73)(H,74,75)(H,76,77)(H2,41,44,45)(H,53,61,64)(H2,65,66,67)(H3,42,49,51,62)(H3,43,50,52,63)/t14-,15+,16+,17+,18+,22+,23+,24+,25+,26+,27+,35+,36+,37+/m0/s1. The Morgan fingerprint density at radius 2 is 0.938 bits per heavy atom. The molecule has 56 heteroatoms. The Kier molecular flexibility index (Phi) is 19.8. The highest BCUT2D eigenvalue weighted by atomic mass is 31.3. The van der Waals surface area contributed by atoms with E-state index in [9.17, 15) is 86.4 Å².